The van der Waals surface area contributed by atoms with Crippen LogP contribution in [0, 0.1) is 0 Å². The lowest BCUT2D eigenvalue weighted by atomic mass is 10.0. The van der Waals surface area contributed by atoms with Crippen molar-refractivity contribution in [2.75, 3.05) is 5.75 Å². The molecular weight excluding hydrogens is 208 g/mol. The molecule has 6 nitrogen and oxygen atoms in total. The molecule has 0 spiro atoms. The minimum Gasteiger partial charge on any atom is -0.479 e. The molecule has 0 aliphatic carbocycles. The summed E-state index contributed by atoms with van der Waals surface area (Å²) in [5, 5.41) is 8.42. The zero-order valence-corrected chi connectivity index (χ0v) is 7.86. The lowest BCUT2D eigenvalue weighted by Gasteiger charge is -2.49. The Bertz CT molecular complexity index is 332. The Labute approximate surface area is 83.4 Å². The SMILES string of the molecule is NC1C(=O)N2C(C(=O)O)C(=O)CS[C@@H]12. The number of ketones is 1. The zero-order chi connectivity index (χ0) is 10.5. The quantitative estimate of drug-likeness (QED) is 0.398. The summed E-state index contributed by atoms with van der Waals surface area (Å²) < 4.78 is 0. The van der Waals surface area contributed by atoms with E-state index in [1.54, 1.807) is 0 Å². The summed E-state index contributed by atoms with van der Waals surface area (Å²) in [6.07, 6.45) is 0. The predicted octanol–water partition coefficient (Wildman–Crippen LogP) is -1.75. The summed E-state index contributed by atoms with van der Waals surface area (Å²) in [7, 11) is 0. The molecule has 2 saturated heterocycles. The van der Waals surface area contributed by atoms with Gasteiger partial charge in [-0.1, -0.05) is 0 Å². The molecule has 7 heteroatoms. The third-order valence-electron chi connectivity index (χ3n) is 2.33. The predicted molar refractivity (Wildman–Crippen MR) is 47.5 cm³/mol. The number of nitrogens with two attached hydrogens (primary N) is 1. The van der Waals surface area contributed by atoms with Gasteiger partial charge in [0.25, 0.3) is 0 Å². The Hall–Kier alpha value is -1.08. The fourth-order valence-electron chi connectivity index (χ4n) is 1.63. The first kappa shape index (κ1) is 9.47. The summed E-state index contributed by atoms with van der Waals surface area (Å²) in [5.41, 5.74) is 5.47. The number of thioether (sulfide) groups is 1. The molecule has 3 N–H and O–H groups in total. The highest BCUT2D eigenvalue weighted by Crippen LogP contribution is 2.35. The monoisotopic (exact) mass is 216 g/mol. The zero-order valence-electron chi connectivity index (χ0n) is 7.04. The second-order valence-electron chi connectivity index (χ2n) is 3.18. The molecule has 14 heavy (non-hydrogen) atoms. The molecule has 1 amide bonds. The first-order valence-electron chi connectivity index (χ1n) is 3.99. The summed E-state index contributed by atoms with van der Waals surface area (Å²) in [4.78, 5) is 34.3. The van der Waals surface area contributed by atoms with Crippen LogP contribution in [-0.2, 0) is 14.4 Å². The van der Waals surface area contributed by atoms with E-state index in [9.17, 15) is 14.4 Å². The van der Waals surface area contributed by atoms with Crippen LogP contribution < -0.4 is 5.73 Å². The van der Waals surface area contributed by atoms with E-state index in [1.165, 1.54) is 11.8 Å². The van der Waals surface area contributed by atoms with E-state index in [-0.39, 0.29) is 11.1 Å². The first-order chi connectivity index (χ1) is 6.54. The first-order valence-corrected chi connectivity index (χ1v) is 5.04. The minimum atomic E-state index is -1.33. The van der Waals surface area contributed by atoms with Crippen LogP contribution in [0.3, 0.4) is 0 Å². The van der Waals surface area contributed by atoms with Crippen LogP contribution in [-0.4, -0.2) is 50.9 Å². The minimum absolute atomic E-state index is 0.110. The third-order valence-corrected chi connectivity index (χ3v) is 3.65. The molecule has 2 rings (SSSR count). The number of carboxylic acids is 1. The molecule has 0 saturated carbocycles. The van der Waals surface area contributed by atoms with Crippen LogP contribution in [0.15, 0.2) is 0 Å². The fraction of sp³-hybridized carbons (Fsp3) is 0.571. The van der Waals surface area contributed by atoms with Crippen molar-refractivity contribution < 1.29 is 19.5 Å². The van der Waals surface area contributed by atoms with Gasteiger partial charge in [-0.15, -0.1) is 11.8 Å². The molecule has 3 atom stereocenters. The maximum atomic E-state index is 11.2. The Morgan fingerprint density at radius 2 is 2.21 bits per heavy atom. The van der Waals surface area contributed by atoms with Crippen molar-refractivity contribution >= 4 is 29.4 Å². The lowest BCUT2D eigenvalue weighted by Crippen LogP contribution is -2.74. The van der Waals surface area contributed by atoms with Gasteiger partial charge in [0.15, 0.2) is 11.8 Å². The van der Waals surface area contributed by atoms with Gasteiger partial charge in [-0.2, -0.15) is 0 Å². The van der Waals surface area contributed by atoms with E-state index in [0.717, 1.165) is 4.90 Å². The third kappa shape index (κ3) is 1.05. The Balaban J connectivity index is 2.26. The average Bonchev–Trinajstić information content (AvgIpc) is 2.15. The highest BCUT2D eigenvalue weighted by atomic mass is 32.2. The molecule has 0 aromatic heterocycles. The molecule has 2 unspecified atom stereocenters. The molecule has 0 aromatic rings. The van der Waals surface area contributed by atoms with E-state index in [0.29, 0.717) is 0 Å². The maximum Gasteiger partial charge on any atom is 0.334 e. The Kier molecular flexibility index (Phi) is 2.00. The number of nitrogens with zero attached hydrogens (tertiary/aromatic N) is 1. The number of β-lactam (4-membered cyclic amide) rings is 1. The van der Waals surface area contributed by atoms with Gasteiger partial charge < -0.3 is 15.7 Å². The van der Waals surface area contributed by atoms with Crippen molar-refractivity contribution in [1.29, 1.82) is 0 Å². The molecule has 0 aromatic carbocycles. The normalized spacial score (nSPS) is 36.4. The average molecular weight is 216 g/mol. The fourth-order valence-corrected chi connectivity index (χ4v) is 2.83. The van der Waals surface area contributed by atoms with E-state index in [1.807, 2.05) is 0 Å². The van der Waals surface area contributed by atoms with Gasteiger partial charge >= 0.3 is 5.97 Å². The van der Waals surface area contributed by atoms with Crippen LogP contribution in [0.2, 0.25) is 0 Å². The van der Waals surface area contributed by atoms with Crippen molar-refractivity contribution in [2.45, 2.75) is 17.5 Å². The molecule has 2 fully saturated rings. The van der Waals surface area contributed by atoms with Gasteiger partial charge in [0.2, 0.25) is 5.91 Å². The summed E-state index contributed by atoms with van der Waals surface area (Å²) in [5.74, 6) is -2.07. The number of rotatable bonds is 1. The standard InChI is InChI=1S/C7H8N2O4S/c8-3-5(11)9-4(7(12)13)2(10)1-14-6(3)9/h3-4,6H,1,8H2,(H,12,13)/t3?,4?,6-/m0/s1. The highest BCUT2D eigenvalue weighted by molar-refractivity contribution is 8.00. The van der Waals surface area contributed by atoms with E-state index < -0.39 is 29.7 Å². The van der Waals surface area contributed by atoms with Crippen LogP contribution in [0.4, 0.5) is 0 Å². The summed E-state index contributed by atoms with van der Waals surface area (Å²) in [6.45, 7) is 0. The van der Waals surface area contributed by atoms with Gasteiger partial charge in [-0.05, 0) is 0 Å². The number of carbonyl (C=O) groups is 3. The number of hydrogen-bond acceptors (Lipinski definition) is 5. The van der Waals surface area contributed by atoms with Crippen molar-refractivity contribution in [3.8, 4) is 0 Å². The number of carboxylic acid groups (broad SMARTS) is 1. The van der Waals surface area contributed by atoms with Crippen LogP contribution in [0.25, 0.3) is 0 Å². The summed E-state index contributed by atoms with van der Waals surface area (Å²) >= 11 is 1.22. The summed E-state index contributed by atoms with van der Waals surface area (Å²) in [6, 6.07) is -1.98. The van der Waals surface area contributed by atoms with E-state index >= 15 is 0 Å². The lowest BCUT2D eigenvalue weighted by molar-refractivity contribution is -0.163. The second-order valence-corrected chi connectivity index (χ2v) is 4.28. The Morgan fingerprint density at radius 1 is 1.57 bits per heavy atom. The van der Waals surface area contributed by atoms with Crippen LogP contribution in [0.1, 0.15) is 0 Å². The van der Waals surface area contributed by atoms with E-state index in [4.69, 9.17) is 10.8 Å². The number of carbonyl (C=O) groups excluding carboxylic acids is 2. The van der Waals surface area contributed by atoms with Crippen molar-refractivity contribution in [1.82, 2.24) is 4.90 Å². The largest absolute Gasteiger partial charge is 0.479 e. The second kappa shape index (κ2) is 2.96. The molecular formula is C7H8N2O4S. The number of amides is 1. The molecule has 76 valence electrons. The molecule has 0 radical (unpaired) electrons. The van der Waals surface area contributed by atoms with Gasteiger partial charge in [-0.25, -0.2) is 4.79 Å². The smallest absolute Gasteiger partial charge is 0.334 e. The van der Waals surface area contributed by atoms with Gasteiger partial charge in [0.1, 0.15) is 11.4 Å². The Morgan fingerprint density at radius 3 is 2.79 bits per heavy atom. The number of Topliss-reactive ketones (excluding diaryl/α,β-unsaturated/α-hetero) is 1. The van der Waals surface area contributed by atoms with Crippen LogP contribution >= 0.6 is 11.8 Å². The number of fused-ring (bicyclic) bond motifs is 1. The van der Waals surface area contributed by atoms with Crippen molar-refractivity contribution in [3.05, 3.63) is 0 Å². The van der Waals surface area contributed by atoms with Gasteiger partial charge in [0.05, 0.1) is 5.75 Å². The van der Waals surface area contributed by atoms with Crippen molar-refractivity contribution in [2.24, 2.45) is 5.73 Å². The van der Waals surface area contributed by atoms with Crippen molar-refractivity contribution in [3.63, 3.8) is 0 Å². The molecule has 0 bridgehead atoms. The maximum absolute atomic E-state index is 11.2. The van der Waals surface area contributed by atoms with Gasteiger partial charge in [0, 0.05) is 0 Å². The molecule has 2 aliphatic heterocycles. The van der Waals surface area contributed by atoms with Gasteiger partial charge in [-0.3, -0.25) is 9.59 Å². The number of hydrogen-bond donors (Lipinski definition) is 2. The van der Waals surface area contributed by atoms with E-state index in [2.05, 4.69) is 0 Å². The number of aliphatic carboxylic acids is 1. The van der Waals surface area contributed by atoms with Crippen LogP contribution in [0.5, 0.6) is 0 Å². The molecule has 2 aliphatic rings. The molecule has 2 heterocycles. The topological polar surface area (TPSA) is 101 Å². The highest BCUT2D eigenvalue weighted by Gasteiger charge is 2.55.